The number of anilines is 1. The van der Waals surface area contributed by atoms with Crippen LogP contribution in [0.15, 0.2) is 41.4 Å². The van der Waals surface area contributed by atoms with Crippen molar-refractivity contribution in [2.24, 2.45) is 5.14 Å². The lowest BCUT2D eigenvalue weighted by Gasteiger charge is -2.40. The summed E-state index contributed by atoms with van der Waals surface area (Å²) in [5.74, 6) is 0.985. The summed E-state index contributed by atoms with van der Waals surface area (Å²) in [7, 11) is -3.78. The largest absolute Gasteiger partial charge is 0.478 e. The van der Waals surface area contributed by atoms with Crippen LogP contribution in [0.2, 0.25) is 10.0 Å². The Labute approximate surface area is 203 Å². The molecule has 3 heterocycles. The van der Waals surface area contributed by atoms with Crippen LogP contribution in [0.25, 0.3) is 0 Å². The van der Waals surface area contributed by atoms with Gasteiger partial charge in [0.15, 0.2) is 5.60 Å². The van der Waals surface area contributed by atoms with Gasteiger partial charge in [0.05, 0.1) is 10.0 Å². The van der Waals surface area contributed by atoms with Gasteiger partial charge in [0.1, 0.15) is 16.5 Å². The smallest absolute Gasteiger partial charge is 0.263 e. The molecule has 0 radical (unpaired) electrons. The zero-order valence-electron chi connectivity index (χ0n) is 18.3. The molecule has 2 bridgehead atoms. The molecule has 1 amide bonds. The first-order chi connectivity index (χ1) is 15.4. The first kappa shape index (κ1) is 24.1. The summed E-state index contributed by atoms with van der Waals surface area (Å²) >= 11 is 12.0. The highest BCUT2D eigenvalue weighted by atomic mass is 35.5. The van der Waals surface area contributed by atoms with Crippen LogP contribution < -0.4 is 20.1 Å². The van der Waals surface area contributed by atoms with Crippen molar-refractivity contribution >= 4 is 45.0 Å². The molecule has 11 heteroatoms. The number of rotatable bonds is 6. The Morgan fingerprint density at radius 2 is 1.82 bits per heavy atom. The minimum atomic E-state index is -3.78. The second-order valence-corrected chi connectivity index (χ2v) is 11.4. The molecular weight excluding hydrogens is 487 g/mol. The summed E-state index contributed by atoms with van der Waals surface area (Å²) < 4.78 is 28.9. The van der Waals surface area contributed by atoms with E-state index in [2.05, 4.69) is 15.2 Å². The number of hydrogen-bond acceptors (Lipinski definition) is 6. The van der Waals surface area contributed by atoms with Crippen molar-refractivity contribution < 1.29 is 17.9 Å². The van der Waals surface area contributed by atoms with E-state index in [0.717, 1.165) is 31.5 Å². The highest BCUT2D eigenvalue weighted by Crippen LogP contribution is 2.39. The third-order valence-electron chi connectivity index (χ3n) is 6.19. The number of primary sulfonamides is 1. The highest BCUT2D eigenvalue weighted by molar-refractivity contribution is 7.89. The molecule has 1 aromatic heterocycles. The number of piperidine rings is 1. The summed E-state index contributed by atoms with van der Waals surface area (Å²) in [5, 5.41) is 9.09. The van der Waals surface area contributed by atoms with Crippen molar-refractivity contribution in [3.63, 3.8) is 0 Å². The highest BCUT2D eigenvalue weighted by Gasteiger charge is 2.43. The SMILES string of the molecule is CC(C)(Oc1ccc(Cl)c(Cl)c1)C(=O)NC1C[C@H]2CC[C@@H](C1)N2c1ccc(S(N)(=O)=O)cn1. The predicted octanol–water partition coefficient (Wildman–Crippen LogP) is 3.51. The lowest BCUT2D eigenvalue weighted by Crippen LogP contribution is -2.55. The lowest BCUT2D eigenvalue weighted by molar-refractivity contribution is -0.135. The first-order valence-corrected chi connectivity index (χ1v) is 13.0. The van der Waals surface area contributed by atoms with Gasteiger partial charge in [-0.1, -0.05) is 23.2 Å². The normalized spacial score (nSPS) is 22.8. The number of amides is 1. The fourth-order valence-corrected chi connectivity index (χ4v) is 5.35. The van der Waals surface area contributed by atoms with Gasteiger partial charge in [-0.15, -0.1) is 0 Å². The second kappa shape index (κ2) is 8.94. The van der Waals surface area contributed by atoms with Crippen LogP contribution in [-0.2, 0) is 14.8 Å². The van der Waals surface area contributed by atoms with Gasteiger partial charge in [-0.05, 0) is 63.8 Å². The number of carbonyl (C=O) groups excluding carboxylic acids is 1. The molecule has 2 aliphatic heterocycles. The van der Waals surface area contributed by atoms with Crippen molar-refractivity contribution in [1.29, 1.82) is 0 Å². The van der Waals surface area contributed by atoms with Crippen LogP contribution in [0, 0.1) is 0 Å². The van der Waals surface area contributed by atoms with E-state index in [1.54, 1.807) is 38.1 Å². The van der Waals surface area contributed by atoms with E-state index in [1.807, 2.05) is 0 Å². The van der Waals surface area contributed by atoms with Gasteiger partial charge in [-0.25, -0.2) is 18.5 Å². The average Bonchev–Trinajstić information content (AvgIpc) is 3.00. The predicted molar refractivity (Wildman–Crippen MR) is 127 cm³/mol. The number of nitrogens with two attached hydrogens (primary N) is 1. The Morgan fingerprint density at radius 1 is 1.15 bits per heavy atom. The molecule has 33 heavy (non-hydrogen) atoms. The van der Waals surface area contributed by atoms with E-state index in [4.69, 9.17) is 33.1 Å². The number of halogens is 2. The molecule has 1 aromatic carbocycles. The summed E-state index contributed by atoms with van der Waals surface area (Å²) in [6.07, 6.45) is 4.80. The monoisotopic (exact) mass is 512 g/mol. The Bertz CT molecular complexity index is 1140. The zero-order valence-corrected chi connectivity index (χ0v) is 20.6. The van der Waals surface area contributed by atoms with Gasteiger partial charge in [-0.3, -0.25) is 4.79 Å². The molecule has 0 spiro atoms. The van der Waals surface area contributed by atoms with Crippen molar-refractivity contribution in [2.45, 2.75) is 68.2 Å². The van der Waals surface area contributed by atoms with E-state index in [1.165, 1.54) is 12.3 Å². The van der Waals surface area contributed by atoms with Gasteiger partial charge in [0.2, 0.25) is 10.0 Å². The maximum absolute atomic E-state index is 13.0. The molecule has 1 unspecified atom stereocenters. The molecule has 2 fully saturated rings. The maximum Gasteiger partial charge on any atom is 0.263 e. The third kappa shape index (κ3) is 5.21. The molecule has 178 valence electrons. The quantitative estimate of drug-likeness (QED) is 0.611. The second-order valence-electron chi connectivity index (χ2n) is 9.02. The van der Waals surface area contributed by atoms with Crippen LogP contribution >= 0.6 is 23.2 Å². The topological polar surface area (TPSA) is 115 Å². The van der Waals surface area contributed by atoms with Crippen LogP contribution in [-0.4, -0.2) is 43.0 Å². The molecule has 3 atom stereocenters. The number of carbonyl (C=O) groups is 1. The fourth-order valence-electron chi connectivity index (χ4n) is 4.60. The summed E-state index contributed by atoms with van der Waals surface area (Å²) in [4.78, 5) is 19.6. The first-order valence-electron chi connectivity index (χ1n) is 10.7. The maximum atomic E-state index is 13.0. The van der Waals surface area contributed by atoms with Crippen LogP contribution in [0.4, 0.5) is 5.82 Å². The number of nitrogens with one attached hydrogen (secondary N) is 1. The molecule has 2 saturated heterocycles. The lowest BCUT2D eigenvalue weighted by atomic mass is 9.96. The number of ether oxygens (including phenoxy) is 1. The number of benzene rings is 1. The zero-order chi connectivity index (χ0) is 24.0. The van der Waals surface area contributed by atoms with E-state index >= 15 is 0 Å². The van der Waals surface area contributed by atoms with Gasteiger partial charge in [0.25, 0.3) is 5.91 Å². The summed E-state index contributed by atoms with van der Waals surface area (Å²) in [6, 6.07) is 8.49. The van der Waals surface area contributed by atoms with Crippen molar-refractivity contribution in [3.05, 3.63) is 46.6 Å². The van der Waals surface area contributed by atoms with E-state index in [9.17, 15) is 13.2 Å². The van der Waals surface area contributed by atoms with Crippen molar-refractivity contribution in [1.82, 2.24) is 10.3 Å². The van der Waals surface area contributed by atoms with Crippen LogP contribution in [0.1, 0.15) is 39.5 Å². The number of hydrogen-bond donors (Lipinski definition) is 2. The number of pyridine rings is 1. The number of nitrogens with zero attached hydrogens (tertiary/aromatic N) is 2. The molecular formula is C22H26Cl2N4O4S. The molecule has 0 aliphatic carbocycles. The van der Waals surface area contributed by atoms with Gasteiger partial charge < -0.3 is 15.0 Å². The summed E-state index contributed by atoms with van der Waals surface area (Å²) in [5.41, 5.74) is -1.10. The standard InChI is InChI=1S/C22H26Cl2N4O4S/c1-22(2,32-16-5-7-18(23)19(24)11-16)21(29)27-13-9-14-3-4-15(10-13)28(14)20-8-6-17(12-26-20)33(25,30)31/h5-8,11-15H,3-4,9-10H2,1-2H3,(H,27,29)(H2,25,30,31)/t13?,14-,15+. The fraction of sp³-hybridized carbons (Fsp3) is 0.455. The average molecular weight is 513 g/mol. The van der Waals surface area contributed by atoms with Crippen molar-refractivity contribution in [2.75, 3.05) is 4.90 Å². The molecule has 0 saturated carbocycles. The summed E-state index contributed by atoms with van der Waals surface area (Å²) in [6.45, 7) is 3.43. The Balaban J connectivity index is 1.40. The van der Waals surface area contributed by atoms with Crippen LogP contribution in [0.3, 0.4) is 0 Å². The Morgan fingerprint density at radius 3 is 2.36 bits per heavy atom. The number of fused-ring (bicyclic) bond motifs is 2. The van der Waals surface area contributed by atoms with Crippen LogP contribution in [0.5, 0.6) is 5.75 Å². The van der Waals surface area contributed by atoms with Gasteiger partial charge >= 0.3 is 0 Å². The Kier molecular flexibility index (Phi) is 6.52. The van der Waals surface area contributed by atoms with Gasteiger partial charge in [-0.2, -0.15) is 0 Å². The van der Waals surface area contributed by atoms with E-state index < -0.39 is 15.6 Å². The van der Waals surface area contributed by atoms with Crippen molar-refractivity contribution in [3.8, 4) is 5.75 Å². The Hall–Kier alpha value is -2.07. The molecule has 2 aliphatic rings. The molecule has 2 aromatic rings. The molecule has 4 rings (SSSR count). The third-order valence-corrected chi connectivity index (χ3v) is 7.83. The molecule has 8 nitrogen and oxygen atoms in total. The number of aromatic nitrogens is 1. The van der Waals surface area contributed by atoms with E-state index in [0.29, 0.717) is 15.8 Å². The van der Waals surface area contributed by atoms with E-state index in [-0.39, 0.29) is 28.9 Å². The van der Waals surface area contributed by atoms with Gasteiger partial charge in [0, 0.05) is 30.4 Å². The minimum absolute atomic E-state index is 0.00613. The minimum Gasteiger partial charge on any atom is -0.478 e. The molecule has 3 N–H and O–H groups in total. The number of sulfonamides is 1.